The molecule has 1 saturated heterocycles. The molecule has 0 aliphatic carbocycles. The molecule has 6 heteroatoms. The molecule has 3 rings (SSSR count). The van der Waals surface area contributed by atoms with Crippen molar-refractivity contribution in [1.82, 2.24) is 4.90 Å². The Morgan fingerprint density at radius 3 is 2.48 bits per heavy atom. The summed E-state index contributed by atoms with van der Waals surface area (Å²) >= 11 is 0. The van der Waals surface area contributed by atoms with Crippen LogP contribution in [0.15, 0.2) is 48.0 Å². The highest BCUT2D eigenvalue weighted by Gasteiger charge is 2.46. The average molecular weight is 426 g/mol. The maximum absolute atomic E-state index is 13.7. The van der Waals surface area contributed by atoms with Crippen LogP contribution in [0.4, 0.5) is 4.39 Å². The van der Waals surface area contributed by atoms with Gasteiger partial charge in [-0.25, -0.2) is 4.39 Å². The van der Waals surface area contributed by atoms with Crippen LogP contribution in [-0.4, -0.2) is 41.0 Å². The van der Waals surface area contributed by atoms with Gasteiger partial charge in [0.1, 0.15) is 11.6 Å². The number of hydrogen-bond donors (Lipinski definition) is 1. The molecule has 1 atom stereocenters. The van der Waals surface area contributed by atoms with Gasteiger partial charge >= 0.3 is 0 Å². The van der Waals surface area contributed by atoms with Crippen molar-refractivity contribution in [2.75, 3.05) is 13.2 Å². The van der Waals surface area contributed by atoms with Gasteiger partial charge in [0.05, 0.1) is 17.7 Å². The zero-order valence-electron chi connectivity index (χ0n) is 18.3. The molecule has 1 fully saturated rings. The van der Waals surface area contributed by atoms with Crippen LogP contribution >= 0.6 is 0 Å². The fourth-order valence-electron chi connectivity index (χ4n) is 3.83. The highest BCUT2D eigenvalue weighted by Crippen LogP contribution is 2.40. The monoisotopic (exact) mass is 425 g/mol. The highest BCUT2D eigenvalue weighted by atomic mass is 19.1. The molecule has 0 saturated carbocycles. The van der Waals surface area contributed by atoms with E-state index in [1.165, 1.54) is 23.1 Å². The van der Waals surface area contributed by atoms with E-state index in [1.54, 1.807) is 6.92 Å². The quantitative estimate of drug-likeness (QED) is 0.303. The third-order valence-electron chi connectivity index (χ3n) is 5.45. The molecular formula is C25H28FNO4. The van der Waals surface area contributed by atoms with Crippen LogP contribution in [-0.2, 0) is 14.3 Å². The van der Waals surface area contributed by atoms with Crippen LogP contribution in [0.25, 0.3) is 5.76 Å². The molecule has 5 nitrogen and oxygen atoms in total. The molecule has 0 bridgehead atoms. The molecule has 0 spiro atoms. The molecule has 1 aliphatic heterocycles. The summed E-state index contributed by atoms with van der Waals surface area (Å²) in [4.78, 5) is 27.4. The van der Waals surface area contributed by atoms with Crippen molar-refractivity contribution < 1.29 is 23.8 Å². The minimum Gasteiger partial charge on any atom is -0.507 e. The Morgan fingerprint density at radius 1 is 1.13 bits per heavy atom. The number of carbonyl (C=O) groups excluding carboxylic acids is 2. The van der Waals surface area contributed by atoms with E-state index in [1.807, 2.05) is 45.0 Å². The number of amides is 1. The lowest BCUT2D eigenvalue weighted by molar-refractivity contribution is -0.140. The summed E-state index contributed by atoms with van der Waals surface area (Å²) < 4.78 is 19.3. The number of Topliss-reactive ketones (excluding diaryl/α,β-unsaturated/α-hetero) is 1. The van der Waals surface area contributed by atoms with Crippen LogP contribution in [0.1, 0.15) is 48.6 Å². The molecule has 2 aromatic carbocycles. The number of nitrogens with zero attached hydrogens (tertiary/aromatic N) is 1. The summed E-state index contributed by atoms with van der Waals surface area (Å²) in [6.07, 6.45) is 0.632. The van der Waals surface area contributed by atoms with Crippen molar-refractivity contribution in [1.29, 1.82) is 0 Å². The number of benzene rings is 2. The van der Waals surface area contributed by atoms with Crippen molar-refractivity contribution >= 4 is 17.4 Å². The van der Waals surface area contributed by atoms with Crippen molar-refractivity contribution in [3.63, 3.8) is 0 Å². The van der Waals surface area contributed by atoms with Crippen molar-refractivity contribution in [2.45, 2.75) is 46.3 Å². The first-order valence-electron chi connectivity index (χ1n) is 10.4. The first-order chi connectivity index (χ1) is 14.7. The second-order valence-corrected chi connectivity index (χ2v) is 8.09. The number of ether oxygens (including phenoxy) is 1. The summed E-state index contributed by atoms with van der Waals surface area (Å²) in [7, 11) is 0. The molecular weight excluding hydrogens is 397 g/mol. The smallest absolute Gasteiger partial charge is 0.295 e. The van der Waals surface area contributed by atoms with E-state index in [-0.39, 0.29) is 17.4 Å². The highest BCUT2D eigenvalue weighted by molar-refractivity contribution is 6.46. The first kappa shape index (κ1) is 22.7. The van der Waals surface area contributed by atoms with Gasteiger partial charge in [-0.3, -0.25) is 9.59 Å². The maximum Gasteiger partial charge on any atom is 0.295 e. The lowest BCUT2D eigenvalue weighted by Gasteiger charge is -2.26. The van der Waals surface area contributed by atoms with Crippen molar-refractivity contribution in [3.8, 4) is 0 Å². The van der Waals surface area contributed by atoms with Gasteiger partial charge in [-0.05, 0) is 69.0 Å². The number of carbonyl (C=O) groups is 2. The third kappa shape index (κ3) is 4.69. The fraction of sp³-hybridized carbons (Fsp3) is 0.360. The lowest BCUT2D eigenvalue weighted by atomic mass is 9.92. The second-order valence-electron chi connectivity index (χ2n) is 8.09. The number of likely N-dealkylation sites (tertiary alicyclic amines) is 1. The predicted molar refractivity (Wildman–Crippen MR) is 117 cm³/mol. The lowest BCUT2D eigenvalue weighted by Crippen LogP contribution is -2.31. The Kier molecular flexibility index (Phi) is 6.91. The van der Waals surface area contributed by atoms with Crippen LogP contribution in [0.2, 0.25) is 0 Å². The maximum atomic E-state index is 13.7. The van der Waals surface area contributed by atoms with Crippen molar-refractivity contribution in [2.24, 2.45) is 0 Å². The Hall–Kier alpha value is -2.99. The zero-order valence-corrected chi connectivity index (χ0v) is 18.3. The standard InChI is InChI=1S/C25H28FNO4/c1-15(2)31-13-7-12-27-22(19-9-6-5-8-16(19)3)21(24(29)25(27)30)23(28)18-10-11-20(26)17(4)14-18/h5-6,8-11,14-15,22,28H,7,12-13H2,1-4H3/b23-21+. The minimum absolute atomic E-state index is 0.0232. The Labute approximate surface area is 182 Å². The largest absolute Gasteiger partial charge is 0.507 e. The van der Waals surface area contributed by atoms with Gasteiger partial charge in [-0.1, -0.05) is 24.3 Å². The number of hydrogen-bond acceptors (Lipinski definition) is 4. The van der Waals surface area contributed by atoms with E-state index >= 15 is 0 Å². The Balaban J connectivity index is 2.07. The number of halogens is 1. The van der Waals surface area contributed by atoms with Crippen LogP contribution in [0.5, 0.6) is 0 Å². The number of rotatable bonds is 7. The SMILES string of the molecule is Cc1cc(/C(O)=C2\C(=O)C(=O)N(CCCOC(C)C)C2c2ccccc2C)ccc1F. The Bertz CT molecular complexity index is 1030. The van der Waals surface area contributed by atoms with E-state index in [9.17, 15) is 19.1 Å². The topological polar surface area (TPSA) is 66.8 Å². The summed E-state index contributed by atoms with van der Waals surface area (Å²) in [5, 5.41) is 11.0. The third-order valence-corrected chi connectivity index (χ3v) is 5.45. The van der Waals surface area contributed by atoms with Gasteiger partial charge < -0.3 is 14.7 Å². The molecule has 164 valence electrons. The normalized spacial score (nSPS) is 18.3. The predicted octanol–water partition coefficient (Wildman–Crippen LogP) is 4.68. The fourth-order valence-corrected chi connectivity index (χ4v) is 3.83. The van der Waals surface area contributed by atoms with Gasteiger partial charge in [0.2, 0.25) is 0 Å². The van der Waals surface area contributed by atoms with E-state index in [0.29, 0.717) is 30.7 Å². The summed E-state index contributed by atoms with van der Waals surface area (Å²) in [5.41, 5.74) is 2.34. The number of aliphatic hydroxyl groups excluding tert-OH is 1. The Morgan fingerprint density at radius 2 is 1.84 bits per heavy atom. The molecule has 2 aromatic rings. The molecule has 0 aromatic heterocycles. The molecule has 1 aliphatic rings. The first-order valence-corrected chi connectivity index (χ1v) is 10.4. The second kappa shape index (κ2) is 9.43. The molecule has 31 heavy (non-hydrogen) atoms. The van der Waals surface area contributed by atoms with Crippen LogP contribution in [0.3, 0.4) is 0 Å². The van der Waals surface area contributed by atoms with Gasteiger partial charge in [-0.15, -0.1) is 0 Å². The number of aryl methyl sites for hydroxylation is 2. The van der Waals surface area contributed by atoms with Gasteiger partial charge in [0.15, 0.2) is 0 Å². The summed E-state index contributed by atoms with van der Waals surface area (Å²) in [6, 6.07) is 10.9. The van der Waals surface area contributed by atoms with E-state index in [4.69, 9.17) is 4.74 Å². The number of aliphatic hydroxyl groups is 1. The van der Waals surface area contributed by atoms with E-state index in [0.717, 1.165) is 11.1 Å². The molecule has 1 unspecified atom stereocenters. The van der Waals surface area contributed by atoms with Gasteiger partial charge in [0.25, 0.3) is 11.7 Å². The summed E-state index contributed by atoms with van der Waals surface area (Å²) in [5.74, 6) is -2.09. The number of ketones is 1. The molecule has 1 N–H and O–H groups in total. The van der Waals surface area contributed by atoms with Crippen molar-refractivity contribution in [3.05, 3.63) is 76.1 Å². The molecule has 0 radical (unpaired) electrons. The van der Waals surface area contributed by atoms with E-state index < -0.39 is 23.5 Å². The summed E-state index contributed by atoms with van der Waals surface area (Å²) in [6.45, 7) is 8.12. The minimum atomic E-state index is -0.738. The van der Waals surface area contributed by atoms with Crippen LogP contribution < -0.4 is 0 Å². The van der Waals surface area contributed by atoms with Gasteiger partial charge in [0, 0.05) is 18.7 Å². The van der Waals surface area contributed by atoms with Gasteiger partial charge in [-0.2, -0.15) is 0 Å². The molecule has 1 heterocycles. The average Bonchev–Trinajstić information content (AvgIpc) is 2.97. The van der Waals surface area contributed by atoms with Crippen LogP contribution in [0, 0.1) is 19.7 Å². The van der Waals surface area contributed by atoms with E-state index in [2.05, 4.69) is 0 Å². The zero-order chi connectivity index (χ0) is 22.7. The molecule has 1 amide bonds.